The highest BCUT2D eigenvalue weighted by atomic mass is 14.0. The molecule has 0 aromatic carbocycles. The third-order valence-corrected chi connectivity index (χ3v) is 1.67. The van der Waals surface area contributed by atoms with Gasteiger partial charge in [-0.2, -0.15) is 0 Å². The molecule has 0 rings (SSSR count). The third-order valence-electron chi connectivity index (χ3n) is 1.67. The molecular formula is C9H18. The molecule has 0 nitrogen and oxygen atoms in total. The molecule has 0 atom stereocenters. The lowest BCUT2D eigenvalue weighted by atomic mass is 10.0. The van der Waals surface area contributed by atoms with Crippen LogP contribution in [0.3, 0.4) is 0 Å². The van der Waals surface area contributed by atoms with Crippen LogP contribution in [0.15, 0.2) is 11.6 Å². The van der Waals surface area contributed by atoms with E-state index < -0.39 is 0 Å². The molecule has 0 amide bonds. The Hall–Kier alpha value is -0.260. The number of rotatable bonds is 3. The minimum atomic E-state index is 0.733. The number of hydrogen-bond donors (Lipinski definition) is 0. The Kier molecular flexibility index (Phi) is 4.47. The van der Waals surface area contributed by atoms with Gasteiger partial charge >= 0.3 is 0 Å². The lowest BCUT2D eigenvalue weighted by Gasteiger charge is -2.02. The van der Waals surface area contributed by atoms with E-state index in [1.807, 2.05) is 0 Å². The number of hydrogen-bond acceptors (Lipinski definition) is 0. The van der Waals surface area contributed by atoms with E-state index in [1.54, 1.807) is 0 Å². The van der Waals surface area contributed by atoms with Gasteiger partial charge in [0.1, 0.15) is 0 Å². The topological polar surface area (TPSA) is 0 Å². The van der Waals surface area contributed by atoms with Gasteiger partial charge < -0.3 is 0 Å². The summed E-state index contributed by atoms with van der Waals surface area (Å²) >= 11 is 0. The van der Waals surface area contributed by atoms with Crippen LogP contribution in [0.1, 0.15) is 40.5 Å². The van der Waals surface area contributed by atoms with Gasteiger partial charge in [-0.05, 0) is 19.3 Å². The maximum Gasteiger partial charge on any atom is -0.0263 e. The van der Waals surface area contributed by atoms with Crippen LogP contribution in [-0.2, 0) is 0 Å². The van der Waals surface area contributed by atoms with Crippen LogP contribution in [-0.4, -0.2) is 0 Å². The first-order chi connectivity index (χ1) is 4.18. The Morgan fingerprint density at radius 2 is 2.00 bits per heavy atom. The summed E-state index contributed by atoms with van der Waals surface area (Å²) in [6.45, 7) is 8.90. The average Bonchev–Trinajstić information content (AvgIpc) is 1.82. The normalized spacial score (nSPS) is 12.8. The lowest BCUT2D eigenvalue weighted by molar-refractivity contribution is 0.757. The van der Waals surface area contributed by atoms with E-state index in [2.05, 4.69) is 33.8 Å². The van der Waals surface area contributed by atoms with Crippen LogP contribution in [0.4, 0.5) is 0 Å². The first-order valence-electron chi connectivity index (χ1n) is 3.85. The fourth-order valence-corrected chi connectivity index (χ4v) is 0.608. The molecule has 9 heavy (non-hydrogen) atoms. The van der Waals surface area contributed by atoms with Crippen molar-refractivity contribution >= 4 is 0 Å². The molecule has 0 aliphatic rings. The van der Waals surface area contributed by atoms with Gasteiger partial charge in [0.2, 0.25) is 0 Å². The molecule has 0 aliphatic heterocycles. The molecule has 0 N–H and O–H groups in total. The van der Waals surface area contributed by atoms with Gasteiger partial charge in [-0.25, -0.2) is 0 Å². The summed E-state index contributed by atoms with van der Waals surface area (Å²) in [7, 11) is 0. The van der Waals surface area contributed by atoms with Crippen molar-refractivity contribution in [2.24, 2.45) is 5.92 Å². The van der Waals surface area contributed by atoms with Gasteiger partial charge in [-0.15, -0.1) is 0 Å². The smallest absolute Gasteiger partial charge is 0.0263 e. The highest BCUT2D eigenvalue weighted by Crippen LogP contribution is 2.08. The molecule has 0 spiro atoms. The largest absolute Gasteiger partial charge is 0.0854 e. The summed E-state index contributed by atoms with van der Waals surface area (Å²) in [6, 6.07) is 0. The SMILES string of the molecule is CCC/C=C(/C)C(C)C. The third kappa shape index (κ3) is 4.26. The molecule has 0 bridgehead atoms. The van der Waals surface area contributed by atoms with E-state index >= 15 is 0 Å². The Labute approximate surface area is 59.0 Å². The molecule has 0 aromatic heterocycles. The predicted octanol–water partition coefficient (Wildman–Crippen LogP) is 3.39. The molecule has 0 saturated carbocycles. The van der Waals surface area contributed by atoms with Crippen molar-refractivity contribution in [3.8, 4) is 0 Å². The molecule has 0 saturated heterocycles. The Morgan fingerprint density at radius 1 is 1.44 bits per heavy atom. The molecule has 0 aliphatic carbocycles. The molecule has 54 valence electrons. The van der Waals surface area contributed by atoms with E-state index in [4.69, 9.17) is 0 Å². The van der Waals surface area contributed by atoms with Crippen LogP contribution >= 0.6 is 0 Å². The fourth-order valence-electron chi connectivity index (χ4n) is 0.608. The molecule has 0 fully saturated rings. The zero-order chi connectivity index (χ0) is 7.28. The van der Waals surface area contributed by atoms with Crippen molar-refractivity contribution in [1.82, 2.24) is 0 Å². The number of unbranched alkanes of at least 4 members (excludes halogenated alkanes) is 1. The summed E-state index contributed by atoms with van der Waals surface area (Å²) in [6.07, 6.45) is 4.85. The van der Waals surface area contributed by atoms with Crippen LogP contribution in [0.5, 0.6) is 0 Å². The van der Waals surface area contributed by atoms with Crippen LogP contribution in [0.25, 0.3) is 0 Å². The van der Waals surface area contributed by atoms with Crippen molar-refractivity contribution < 1.29 is 0 Å². The van der Waals surface area contributed by atoms with Crippen molar-refractivity contribution in [1.29, 1.82) is 0 Å². The monoisotopic (exact) mass is 126 g/mol. The van der Waals surface area contributed by atoms with E-state index in [0.717, 1.165) is 5.92 Å². The molecule has 0 heterocycles. The standard InChI is InChI=1S/C9H18/c1-5-6-7-9(4)8(2)3/h7-8H,5-6H2,1-4H3/b9-7-. The van der Waals surface area contributed by atoms with E-state index in [1.165, 1.54) is 18.4 Å². The van der Waals surface area contributed by atoms with Gasteiger partial charge in [0.25, 0.3) is 0 Å². The van der Waals surface area contributed by atoms with Crippen LogP contribution in [0.2, 0.25) is 0 Å². The summed E-state index contributed by atoms with van der Waals surface area (Å²) in [4.78, 5) is 0. The number of allylic oxidation sites excluding steroid dienone is 2. The van der Waals surface area contributed by atoms with Crippen molar-refractivity contribution in [2.75, 3.05) is 0 Å². The van der Waals surface area contributed by atoms with Gasteiger partial charge in [0.05, 0.1) is 0 Å². The van der Waals surface area contributed by atoms with Crippen molar-refractivity contribution in [3.63, 3.8) is 0 Å². The van der Waals surface area contributed by atoms with Crippen LogP contribution < -0.4 is 0 Å². The quantitative estimate of drug-likeness (QED) is 0.508. The fraction of sp³-hybridized carbons (Fsp3) is 0.778. The summed E-state index contributed by atoms with van der Waals surface area (Å²) in [5.74, 6) is 0.733. The molecule has 0 aromatic rings. The molecule has 0 heteroatoms. The first-order valence-corrected chi connectivity index (χ1v) is 3.85. The lowest BCUT2D eigenvalue weighted by Crippen LogP contribution is -1.87. The van der Waals surface area contributed by atoms with Crippen LogP contribution in [0, 0.1) is 5.92 Å². The predicted molar refractivity (Wildman–Crippen MR) is 43.5 cm³/mol. The van der Waals surface area contributed by atoms with Gasteiger partial charge in [0.15, 0.2) is 0 Å². The summed E-state index contributed by atoms with van der Waals surface area (Å²) in [5, 5.41) is 0. The highest BCUT2D eigenvalue weighted by molar-refractivity contribution is 5.00. The average molecular weight is 126 g/mol. The first kappa shape index (κ1) is 8.74. The summed E-state index contributed by atoms with van der Waals surface area (Å²) in [5.41, 5.74) is 1.52. The van der Waals surface area contributed by atoms with Gasteiger partial charge in [-0.1, -0.05) is 38.8 Å². The second kappa shape index (κ2) is 4.60. The Balaban J connectivity index is 3.55. The second-order valence-electron chi connectivity index (χ2n) is 2.89. The highest BCUT2D eigenvalue weighted by Gasteiger charge is 1.92. The molecular weight excluding hydrogens is 108 g/mol. The van der Waals surface area contributed by atoms with E-state index in [9.17, 15) is 0 Å². The second-order valence-corrected chi connectivity index (χ2v) is 2.89. The minimum absolute atomic E-state index is 0.733. The molecule has 0 unspecified atom stereocenters. The van der Waals surface area contributed by atoms with E-state index in [-0.39, 0.29) is 0 Å². The van der Waals surface area contributed by atoms with Gasteiger partial charge in [-0.3, -0.25) is 0 Å². The maximum absolute atomic E-state index is 2.34. The summed E-state index contributed by atoms with van der Waals surface area (Å²) < 4.78 is 0. The maximum atomic E-state index is 2.34. The zero-order valence-electron chi connectivity index (χ0n) is 7.07. The molecule has 0 radical (unpaired) electrons. The van der Waals surface area contributed by atoms with Crippen molar-refractivity contribution in [3.05, 3.63) is 11.6 Å². The van der Waals surface area contributed by atoms with Crippen molar-refractivity contribution in [2.45, 2.75) is 40.5 Å². The Morgan fingerprint density at radius 3 is 2.33 bits per heavy atom. The van der Waals surface area contributed by atoms with Gasteiger partial charge in [0, 0.05) is 0 Å². The van der Waals surface area contributed by atoms with E-state index in [0.29, 0.717) is 0 Å². The zero-order valence-corrected chi connectivity index (χ0v) is 7.07. The minimum Gasteiger partial charge on any atom is -0.0854 e. The Bertz CT molecular complexity index is 88.2.